The first-order valence-electron chi connectivity index (χ1n) is 4.24. The van der Waals surface area contributed by atoms with Crippen LogP contribution in [0, 0.1) is 5.41 Å². The number of hydrogen-bond donors (Lipinski definition) is 1. The molecular formula is C11H14N2. The van der Waals surface area contributed by atoms with E-state index in [4.69, 9.17) is 5.41 Å². The number of nitrogens with one attached hydrogen (secondary N) is 1. The summed E-state index contributed by atoms with van der Waals surface area (Å²) in [5, 5.41) is 7.43. The molecule has 1 N–H and O–H groups in total. The largest absolute Gasteiger partial charge is 0.305 e. The SMILES string of the molecule is C/N=C(\C)c1ccc(C(C)=N)cc1. The van der Waals surface area contributed by atoms with Crippen molar-refractivity contribution < 1.29 is 0 Å². The molecule has 13 heavy (non-hydrogen) atoms. The van der Waals surface area contributed by atoms with Gasteiger partial charge in [-0.25, -0.2) is 0 Å². The van der Waals surface area contributed by atoms with Crippen molar-refractivity contribution in [2.75, 3.05) is 7.05 Å². The highest BCUT2D eigenvalue weighted by molar-refractivity contribution is 6.00. The topological polar surface area (TPSA) is 36.2 Å². The molecule has 2 heteroatoms. The van der Waals surface area contributed by atoms with Crippen LogP contribution in [0.4, 0.5) is 0 Å². The predicted molar refractivity (Wildman–Crippen MR) is 57.1 cm³/mol. The van der Waals surface area contributed by atoms with E-state index >= 15 is 0 Å². The Balaban J connectivity index is 3.00. The molecule has 0 heterocycles. The van der Waals surface area contributed by atoms with Crippen molar-refractivity contribution >= 4 is 11.4 Å². The molecule has 2 nitrogen and oxygen atoms in total. The Morgan fingerprint density at radius 3 is 1.92 bits per heavy atom. The molecule has 0 amide bonds. The van der Waals surface area contributed by atoms with Crippen molar-refractivity contribution in [1.82, 2.24) is 0 Å². The van der Waals surface area contributed by atoms with E-state index in [1.54, 1.807) is 14.0 Å². The van der Waals surface area contributed by atoms with Crippen LogP contribution in [-0.4, -0.2) is 18.5 Å². The number of aliphatic imine (C=N–C) groups is 1. The second-order valence-corrected chi connectivity index (χ2v) is 3.01. The summed E-state index contributed by atoms with van der Waals surface area (Å²) in [5.41, 5.74) is 3.70. The highest BCUT2D eigenvalue weighted by Gasteiger charge is 1.97. The van der Waals surface area contributed by atoms with Crippen molar-refractivity contribution in [3.05, 3.63) is 35.4 Å². The third-order valence-corrected chi connectivity index (χ3v) is 2.07. The Bertz CT molecular complexity index is 334. The maximum Gasteiger partial charge on any atom is 0.0386 e. The summed E-state index contributed by atoms with van der Waals surface area (Å²) in [6.45, 7) is 3.77. The molecule has 0 aliphatic rings. The van der Waals surface area contributed by atoms with Crippen LogP contribution >= 0.6 is 0 Å². The van der Waals surface area contributed by atoms with E-state index in [-0.39, 0.29) is 0 Å². The van der Waals surface area contributed by atoms with Crippen LogP contribution in [0.5, 0.6) is 0 Å². The van der Waals surface area contributed by atoms with E-state index in [1.165, 1.54) is 0 Å². The van der Waals surface area contributed by atoms with Crippen molar-refractivity contribution in [3.8, 4) is 0 Å². The summed E-state index contributed by atoms with van der Waals surface area (Å²) < 4.78 is 0. The fraction of sp³-hybridized carbons (Fsp3) is 0.273. The Kier molecular flexibility index (Phi) is 2.96. The van der Waals surface area contributed by atoms with Crippen LogP contribution in [0.1, 0.15) is 25.0 Å². The van der Waals surface area contributed by atoms with Gasteiger partial charge in [0.15, 0.2) is 0 Å². The van der Waals surface area contributed by atoms with Crippen LogP contribution in [0.3, 0.4) is 0 Å². The fourth-order valence-corrected chi connectivity index (χ4v) is 1.09. The Labute approximate surface area is 78.8 Å². The highest BCUT2D eigenvalue weighted by Crippen LogP contribution is 2.06. The highest BCUT2D eigenvalue weighted by atomic mass is 14.7. The van der Waals surface area contributed by atoms with Gasteiger partial charge in [0.05, 0.1) is 0 Å². The fourth-order valence-electron chi connectivity index (χ4n) is 1.09. The summed E-state index contributed by atoms with van der Waals surface area (Å²) in [5.74, 6) is 0. The lowest BCUT2D eigenvalue weighted by Gasteiger charge is -2.01. The Hall–Kier alpha value is -1.44. The molecule has 0 spiro atoms. The van der Waals surface area contributed by atoms with Gasteiger partial charge in [-0.05, 0) is 25.0 Å². The van der Waals surface area contributed by atoms with Gasteiger partial charge in [0.25, 0.3) is 0 Å². The van der Waals surface area contributed by atoms with Gasteiger partial charge >= 0.3 is 0 Å². The zero-order valence-corrected chi connectivity index (χ0v) is 8.26. The molecule has 0 aliphatic carbocycles. The van der Waals surface area contributed by atoms with Gasteiger partial charge in [0, 0.05) is 18.5 Å². The molecule has 0 aromatic heterocycles. The molecule has 0 saturated carbocycles. The molecular weight excluding hydrogens is 160 g/mol. The van der Waals surface area contributed by atoms with Crippen molar-refractivity contribution in [3.63, 3.8) is 0 Å². The van der Waals surface area contributed by atoms with E-state index in [0.717, 1.165) is 16.8 Å². The van der Waals surface area contributed by atoms with E-state index < -0.39 is 0 Å². The van der Waals surface area contributed by atoms with Crippen molar-refractivity contribution in [2.45, 2.75) is 13.8 Å². The molecule has 0 saturated heterocycles. The van der Waals surface area contributed by atoms with E-state index in [0.29, 0.717) is 5.71 Å². The van der Waals surface area contributed by atoms with Crippen LogP contribution in [-0.2, 0) is 0 Å². The van der Waals surface area contributed by atoms with E-state index in [9.17, 15) is 0 Å². The minimum Gasteiger partial charge on any atom is -0.305 e. The molecule has 0 atom stereocenters. The third-order valence-electron chi connectivity index (χ3n) is 2.07. The number of rotatable bonds is 2. The standard InChI is InChI=1S/C11H14N2/c1-8(12)10-4-6-11(7-5-10)9(2)13-3/h4-7,12H,1-3H3/b12-8?,13-9+. The molecule has 0 radical (unpaired) electrons. The summed E-state index contributed by atoms with van der Waals surface area (Å²) in [7, 11) is 1.78. The molecule has 0 unspecified atom stereocenters. The maximum absolute atomic E-state index is 7.43. The molecule has 1 aromatic carbocycles. The first kappa shape index (κ1) is 9.65. The van der Waals surface area contributed by atoms with Gasteiger partial charge in [0.2, 0.25) is 0 Å². The first-order valence-corrected chi connectivity index (χ1v) is 4.24. The third kappa shape index (κ3) is 2.25. The maximum atomic E-state index is 7.43. The smallest absolute Gasteiger partial charge is 0.0386 e. The zero-order chi connectivity index (χ0) is 9.84. The van der Waals surface area contributed by atoms with Crippen LogP contribution < -0.4 is 0 Å². The summed E-state index contributed by atoms with van der Waals surface area (Å²) in [4.78, 5) is 4.10. The molecule has 1 rings (SSSR count). The van der Waals surface area contributed by atoms with Gasteiger partial charge in [-0.3, -0.25) is 4.99 Å². The lowest BCUT2D eigenvalue weighted by atomic mass is 10.1. The van der Waals surface area contributed by atoms with Gasteiger partial charge in [-0.2, -0.15) is 0 Å². The number of benzene rings is 1. The number of hydrogen-bond acceptors (Lipinski definition) is 2. The predicted octanol–water partition coefficient (Wildman–Crippen LogP) is 2.51. The summed E-state index contributed by atoms with van der Waals surface area (Å²) in [6.07, 6.45) is 0. The Morgan fingerprint density at radius 1 is 1.08 bits per heavy atom. The molecule has 0 bridgehead atoms. The van der Waals surface area contributed by atoms with Crippen LogP contribution in [0.25, 0.3) is 0 Å². The average molecular weight is 174 g/mol. The number of nitrogens with zero attached hydrogens (tertiary/aromatic N) is 1. The lowest BCUT2D eigenvalue weighted by molar-refractivity contribution is 1.40. The van der Waals surface area contributed by atoms with Crippen LogP contribution in [0.2, 0.25) is 0 Å². The lowest BCUT2D eigenvalue weighted by Crippen LogP contribution is -1.96. The summed E-state index contributed by atoms with van der Waals surface area (Å²) in [6, 6.07) is 7.89. The molecule has 0 aliphatic heterocycles. The van der Waals surface area contributed by atoms with E-state index in [2.05, 4.69) is 4.99 Å². The van der Waals surface area contributed by atoms with E-state index in [1.807, 2.05) is 31.2 Å². The monoisotopic (exact) mass is 174 g/mol. The van der Waals surface area contributed by atoms with Gasteiger partial charge in [-0.1, -0.05) is 24.3 Å². The van der Waals surface area contributed by atoms with Crippen molar-refractivity contribution in [2.24, 2.45) is 4.99 Å². The summed E-state index contributed by atoms with van der Waals surface area (Å²) >= 11 is 0. The first-order chi connectivity index (χ1) is 6.15. The zero-order valence-electron chi connectivity index (χ0n) is 8.26. The molecule has 68 valence electrons. The van der Waals surface area contributed by atoms with Gasteiger partial charge in [-0.15, -0.1) is 0 Å². The van der Waals surface area contributed by atoms with Gasteiger partial charge in [0.1, 0.15) is 0 Å². The quantitative estimate of drug-likeness (QED) is 0.669. The van der Waals surface area contributed by atoms with Crippen molar-refractivity contribution in [1.29, 1.82) is 5.41 Å². The molecule has 0 fully saturated rings. The van der Waals surface area contributed by atoms with Gasteiger partial charge < -0.3 is 5.41 Å². The second kappa shape index (κ2) is 3.99. The Morgan fingerprint density at radius 2 is 1.54 bits per heavy atom. The second-order valence-electron chi connectivity index (χ2n) is 3.01. The minimum absolute atomic E-state index is 0.595. The van der Waals surface area contributed by atoms with Crippen LogP contribution in [0.15, 0.2) is 29.3 Å². The minimum atomic E-state index is 0.595. The normalized spacial score (nSPS) is 11.5. The average Bonchev–Trinajstić information content (AvgIpc) is 2.17. The molecule has 1 aromatic rings.